The van der Waals surface area contributed by atoms with Crippen LogP contribution in [0.15, 0.2) is 42.5 Å². The van der Waals surface area contributed by atoms with Crippen LogP contribution in [0.25, 0.3) is 0 Å². The molecule has 0 aromatic heterocycles. The van der Waals surface area contributed by atoms with Gasteiger partial charge in [-0.05, 0) is 24.3 Å². The zero-order valence-corrected chi connectivity index (χ0v) is 11.8. The summed E-state index contributed by atoms with van der Waals surface area (Å²) in [6.07, 6.45) is 0. The molecule has 114 valence electrons. The van der Waals surface area contributed by atoms with Crippen LogP contribution in [0.4, 0.5) is 15.8 Å². The van der Waals surface area contributed by atoms with Crippen molar-refractivity contribution < 1.29 is 18.8 Å². The Morgan fingerprint density at radius 1 is 1.32 bits per heavy atom. The second kappa shape index (κ2) is 6.86. The molecule has 0 unspecified atom stereocenters. The molecule has 0 spiro atoms. The van der Waals surface area contributed by atoms with Crippen molar-refractivity contribution in [2.75, 3.05) is 11.9 Å². The number of nitro groups is 1. The highest BCUT2D eigenvalue weighted by Crippen LogP contribution is 2.23. The van der Waals surface area contributed by atoms with Crippen molar-refractivity contribution in [2.45, 2.75) is 0 Å². The minimum absolute atomic E-state index is 0.0980. The lowest BCUT2D eigenvalue weighted by atomic mass is 10.2. The van der Waals surface area contributed by atoms with Gasteiger partial charge >= 0.3 is 5.69 Å². The van der Waals surface area contributed by atoms with Gasteiger partial charge in [0.05, 0.1) is 9.95 Å². The predicted octanol–water partition coefficient (Wildman–Crippen LogP) is 3.40. The number of para-hydroxylation sites is 1. The molecule has 0 saturated heterocycles. The van der Waals surface area contributed by atoms with E-state index in [1.54, 1.807) is 24.3 Å². The van der Waals surface area contributed by atoms with E-state index in [0.717, 1.165) is 12.1 Å². The van der Waals surface area contributed by atoms with Gasteiger partial charge < -0.3 is 10.1 Å². The Balaban J connectivity index is 1.99. The third kappa shape index (κ3) is 3.92. The Hall–Kier alpha value is -2.67. The maximum absolute atomic E-state index is 13.2. The van der Waals surface area contributed by atoms with Crippen molar-refractivity contribution in [1.82, 2.24) is 0 Å². The zero-order chi connectivity index (χ0) is 16.1. The molecule has 0 saturated carbocycles. The molecule has 0 radical (unpaired) electrons. The average Bonchev–Trinajstić information content (AvgIpc) is 2.48. The van der Waals surface area contributed by atoms with E-state index in [2.05, 4.69) is 5.32 Å². The van der Waals surface area contributed by atoms with E-state index in [1.807, 2.05) is 0 Å². The van der Waals surface area contributed by atoms with Gasteiger partial charge in [-0.2, -0.15) is 4.39 Å². The van der Waals surface area contributed by atoms with E-state index in [4.69, 9.17) is 16.3 Å². The minimum Gasteiger partial charge on any atom is -0.482 e. The molecular formula is C14H10ClFN2O4. The summed E-state index contributed by atoms with van der Waals surface area (Å²) in [5, 5.41) is 13.4. The fourth-order valence-corrected chi connectivity index (χ4v) is 1.82. The van der Waals surface area contributed by atoms with E-state index in [9.17, 15) is 19.3 Å². The Morgan fingerprint density at radius 2 is 2.05 bits per heavy atom. The van der Waals surface area contributed by atoms with Gasteiger partial charge in [0.15, 0.2) is 6.61 Å². The van der Waals surface area contributed by atoms with Crippen LogP contribution in [0, 0.1) is 15.9 Å². The Bertz CT molecular complexity index is 724. The molecule has 0 bridgehead atoms. The van der Waals surface area contributed by atoms with Crippen LogP contribution < -0.4 is 10.1 Å². The van der Waals surface area contributed by atoms with Gasteiger partial charge in [-0.15, -0.1) is 0 Å². The Morgan fingerprint density at radius 3 is 2.73 bits per heavy atom. The Kier molecular flexibility index (Phi) is 4.90. The molecule has 2 aromatic carbocycles. The number of carbonyl (C=O) groups is 1. The highest BCUT2D eigenvalue weighted by molar-refractivity contribution is 6.32. The lowest BCUT2D eigenvalue weighted by molar-refractivity contribution is -0.387. The molecule has 8 heteroatoms. The third-order valence-electron chi connectivity index (χ3n) is 2.62. The number of ether oxygens (including phenoxy) is 1. The first-order chi connectivity index (χ1) is 10.5. The van der Waals surface area contributed by atoms with Crippen LogP contribution in [0.2, 0.25) is 5.02 Å². The Labute approximate surface area is 129 Å². The number of anilines is 1. The lowest BCUT2D eigenvalue weighted by Crippen LogP contribution is -2.20. The predicted molar refractivity (Wildman–Crippen MR) is 78.6 cm³/mol. The third-order valence-corrected chi connectivity index (χ3v) is 2.93. The van der Waals surface area contributed by atoms with E-state index >= 15 is 0 Å². The van der Waals surface area contributed by atoms with E-state index in [-0.39, 0.29) is 12.3 Å². The molecule has 0 aliphatic heterocycles. The van der Waals surface area contributed by atoms with Gasteiger partial charge in [0, 0.05) is 11.8 Å². The van der Waals surface area contributed by atoms with Gasteiger partial charge in [-0.1, -0.05) is 23.7 Å². The van der Waals surface area contributed by atoms with Crippen molar-refractivity contribution in [3.05, 3.63) is 63.4 Å². The van der Waals surface area contributed by atoms with E-state index < -0.39 is 22.3 Å². The van der Waals surface area contributed by atoms with Crippen LogP contribution in [-0.4, -0.2) is 17.4 Å². The van der Waals surface area contributed by atoms with Gasteiger partial charge in [-0.3, -0.25) is 14.9 Å². The number of hydrogen-bond acceptors (Lipinski definition) is 4. The normalized spacial score (nSPS) is 10.1. The summed E-state index contributed by atoms with van der Waals surface area (Å²) in [5.41, 5.74) is -0.620. The molecule has 22 heavy (non-hydrogen) atoms. The summed E-state index contributed by atoms with van der Waals surface area (Å²) < 4.78 is 18.4. The number of amides is 1. The number of nitrogens with zero attached hydrogens (tertiary/aromatic N) is 1. The monoisotopic (exact) mass is 324 g/mol. The molecule has 0 heterocycles. The second-order valence-corrected chi connectivity index (χ2v) is 4.60. The zero-order valence-electron chi connectivity index (χ0n) is 11.1. The fourth-order valence-electron chi connectivity index (χ4n) is 1.63. The highest BCUT2D eigenvalue weighted by Gasteiger charge is 2.15. The van der Waals surface area contributed by atoms with E-state index in [1.165, 1.54) is 6.07 Å². The molecule has 2 aromatic rings. The smallest absolute Gasteiger partial charge is 0.306 e. The van der Waals surface area contributed by atoms with Crippen molar-refractivity contribution in [3.63, 3.8) is 0 Å². The minimum atomic E-state index is -0.977. The van der Waals surface area contributed by atoms with Crippen molar-refractivity contribution >= 4 is 28.9 Å². The number of nitrogens with one attached hydrogen (secondary N) is 1. The van der Waals surface area contributed by atoms with Gasteiger partial charge in [0.2, 0.25) is 5.82 Å². The van der Waals surface area contributed by atoms with Crippen LogP contribution in [0.1, 0.15) is 0 Å². The molecule has 0 aliphatic carbocycles. The largest absolute Gasteiger partial charge is 0.482 e. The average molecular weight is 325 g/mol. The molecular weight excluding hydrogens is 315 g/mol. The summed E-state index contributed by atoms with van der Waals surface area (Å²) >= 11 is 5.87. The molecule has 6 nitrogen and oxygen atoms in total. The van der Waals surface area contributed by atoms with Crippen molar-refractivity contribution in [3.8, 4) is 5.75 Å². The SMILES string of the molecule is O=C(COc1ccccc1Cl)Nc1ccc(F)c([N+](=O)[O-])c1. The number of hydrogen-bond donors (Lipinski definition) is 1. The first-order valence-electron chi connectivity index (χ1n) is 6.08. The molecule has 2 rings (SSSR count). The summed E-state index contributed by atoms with van der Waals surface area (Å²) in [6, 6.07) is 9.67. The molecule has 1 amide bonds. The molecule has 0 fully saturated rings. The quantitative estimate of drug-likeness (QED) is 0.675. The lowest BCUT2D eigenvalue weighted by Gasteiger charge is -2.08. The number of halogens is 2. The summed E-state index contributed by atoms with van der Waals surface area (Å²) in [7, 11) is 0. The van der Waals surface area contributed by atoms with Crippen LogP contribution >= 0.6 is 11.6 Å². The second-order valence-electron chi connectivity index (χ2n) is 4.19. The summed E-state index contributed by atoms with van der Waals surface area (Å²) in [4.78, 5) is 21.5. The van der Waals surface area contributed by atoms with Gasteiger partial charge in [0.25, 0.3) is 5.91 Å². The molecule has 1 N–H and O–H groups in total. The first kappa shape index (κ1) is 15.7. The molecule has 0 atom stereocenters. The van der Waals surface area contributed by atoms with E-state index in [0.29, 0.717) is 10.8 Å². The maximum Gasteiger partial charge on any atom is 0.306 e. The summed E-state index contributed by atoms with van der Waals surface area (Å²) in [5.74, 6) is -1.19. The number of benzene rings is 2. The van der Waals surface area contributed by atoms with Gasteiger partial charge in [0.1, 0.15) is 5.75 Å². The fraction of sp³-hybridized carbons (Fsp3) is 0.0714. The number of rotatable bonds is 5. The van der Waals surface area contributed by atoms with Crippen LogP contribution in [-0.2, 0) is 4.79 Å². The number of carbonyl (C=O) groups excluding carboxylic acids is 1. The maximum atomic E-state index is 13.2. The molecule has 0 aliphatic rings. The number of nitro benzene ring substituents is 1. The van der Waals surface area contributed by atoms with Crippen LogP contribution in [0.5, 0.6) is 5.75 Å². The summed E-state index contributed by atoms with van der Waals surface area (Å²) in [6.45, 7) is -0.338. The van der Waals surface area contributed by atoms with Crippen molar-refractivity contribution in [2.24, 2.45) is 0 Å². The van der Waals surface area contributed by atoms with Crippen molar-refractivity contribution in [1.29, 1.82) is 0 Å². The van der Waals surface area contributed by atoms with Gasteiger partial charge in [-0.25, -0.2) is 0 Å². The first-order valence-corrected chi connectivity index (χ1v) is 6.46. The topological polar surface area (TPSA) is 81.5 Å². The van der Waals surface area contributed by atoms with Crippen LogP contribution in [0.3, 0.4) is 0 Å². The highest BCUT2D eigenvalue weighted by atomic mass is 35.5. The standard InChI is InChI=1S/C14H10ClFN2O4/c15-10-3-1-2-4-13(10)22-8-14(19)17-9-5-6-11(16)12(7-9)18(20)21/h1-7H,8H2,(H,17,19).